The van der Waals surface area contributed by atoms with E-state index >= 15 is 0 Å². The molecule has 0 aromatic rings. The van der Waals surface area contributed by atoms with Gasteiger partial charge in [-0.2, -0.15) is 11.8 Å². The van der Waals surface area contributed by atoms with E-state index in [4.69, 9.17) is 0 Å². The third kappa shape index (κ3) is 46.2. The molecule has 8 heteroatoms. The molecule has 0 aromatic heterocycles. The minimum absolute atomic E-state index is 1.01. The molecule has 0 heterocycles. The number of rotatable bonds is 12. The van der Waals surface area contributed by atoms with E-state index < -0.39 is 5.69 Å². The molecule has 0 fully saturated rings. The molecule has 3 atom stereocenters. The van der Waals surface area contributed by atoms with Crippen molar-refractivity contribution >= 4 is 29.7 Å². The van der Waals surface area contributed by atoms with Gasteiger partial charge in [-0.1, -0.05) is 0 Å². The van der Waals surface area contributed by atoms with Gasteiger partial charge in [-0.15, -0.1) is 0 Å². The van der Waals surface area contributed by atoms with E-state index in [9.17, 15) is 9.79 Å². The maximum atomic E-state index is 9.29. The number of hydrogen-bond donors (Lipinski definition) is 0. The zero-order valence-corrected chi connectivity index (χ0v) is 34.5. The van der Waals surface area contributed by atoms with Crippen molar-refractivity contribution in [1.82, 2.24) is 0 Å². The fourth-order valence-corrected chi connectivity index (χ4v) is 6.54. The van der Waals surface area contributed by atoms with Crippen LogP contribution in [-0.4, -0.2) is 0 Å². The standard InChI is InChI=1S/3C8H17.H3O2PS2.3Zn/c3*1-4-7-8(5-2)6-3;1-3(2,4)5;;;/h3*4,8H,5-7H2,1-3H3;(H3,1,2,4,5);;;/q;;;;3*+1/p-3. The van der Waals surface area contributed by atoms with Crippen LogP contribution in [0, 0.1) is 17.8 Å². The fraction of sp³-hybridized carbons (Fsp3) is 1.00. The third-order valence-corrected chi connectivity index (χ3v) is 7.77. The molecule has 0 saturated carbocycles. The van der Waals surface area contributed by atoms with Gasteiger partial charge in [-0.05, 0) is 0 Å². The molecule has 0 bridgehead atoms. The molecule has 0 aromatic carbocycles. The van der Waals surface area contributed by atoms with Crippen LogP contribution in [0.5, 0.6) is 0 Å². The van der Waals surface area contributed by atoms with E-state index in [1.165, 1.54) is 113 Å². The molecule has 0 aliphatic rings. The summed E-state index contributed by atoms with van der Waals surface area (Å²) in [5.74, 6) is 3.02. The van der Waals surface area contributed by atoms with Gasteiger partial charge in [0.1, 0.15) is 0 Å². The van der Waals surface area contributed by atoms with Gasteiger partial charge in [0, 0.05) is 0 Å². The zero-order chi connectivity index (χ0) is 26.3. The van der Waals surface area contributed by atoms with Crippen molar-refractivity contribution in [3.05, 3.63) is 0 Å². The molecule has 0 aliphatic heterocycles. The Morgan fingerprint density at radius 1 is 0.594 bits per heavy atom. The smallest absolute Gasteiger partial charge is 0.160 e. The summed E-state index contributed by atoms with van der Waals surface area (Å²) < 4.78 is 3.03. The summed E-state index contributed by atoms with van der Waals surface area (Å²) >= 11 is 11.7. The summed E-state index contributed by atoms with van der Waals surface area (Å²) in [6, 6.07) is 0. The summed E-state index contributed by atoms with van der Waals surface area (Å²) in [6.45, 7) is 20.9. The molecular weight excluding hydrogens is 612 g/mol. The second-order valence-corrected chi connectivity index (χ2v) is 22.8. The van der Waals surface area contributed by atoms with Crippen molar-refractivity contribution in [2.24, 2.45) is 17.8 Å². The molecule has 3 unspecified atom stereocenters. The molecule has 182 valence electrons. The van der Waals surface area contributed by atoms with Crippen LogP contribution in [0.3, 0.4) is 0 Å². The summed E-state index contributed by atoms with van der Waals surface area (Å²) in [6.07, 6.45) is 12.7. The predicted molar refractivity (Wildman–Crippen MR) is 136 cm³/mol. The van der Waals surface area contributed by atoms with E-state index in [2.05, 4.69) is 86.4 Å². The predicted octanol–water partition coefficient (Wildman–Crippen LogP) is 7.98. The van der Waals surface area contributed by atoms with Crippen LogP contribution in [0.1, 0.15) is 120 Å². The molecule has 0 spiro atoms. The van der Waals surface area contributed by atoms with E-state index in [1.54, 1.807) is 0 Å². The molecule has 0 radical (unpaired) electrons. The summed E-state index contributed by atoms with van der Waals surface area (Å²) in [7, 11) is 0. The van der Waals surface area contributed by atoms with Crippen molar-refractivity contribution < 1.29 is 64.7 Å². The van der Waals surface area contributed by atoms with Gasteiger partial charge in [0.2, 0.25) is 0 Å². The molecule has 0 rings (SSSR count). The Labute approximate surface area is 243 Å². The van der Waals surface area contributed by atoms with Crippen molar-refractivity contribution in [1.29, 1.82) is 0 Å². The van der Waals surface area contributed by atoms with Crippen LogP contribution < -0.4 is 9.79 Å². The average molecular weight is 663 g/mol. The first-order valence-corrected chi connectivity index (χ1v) is 21.6. The Balaban J connectivity index is -0.000000167. The monoisotopic (exact) mass is 658 g/mol. The normalized spacial score (nSPS) is 14.0. The minimum atomic E-state index is -3.72. The minimum Gasteiger partial charge on any atom is -0.850 e. The largest absolute Gasteiger partial charge is 0.850 e. The molecule has 32 heavy (non-hydrogen) atoms. The Morgan fingerprint density at radius 2 is 0.719 bits per heavy atom. The molecule has 0 N–H and O–H groups in total. The van der Waals surface area contributed by atoms with E-state index in [0.29, 0.717) is 0 Å². The van der Waals surface area contributed by atoms with Gasteiger partial charge in [0.05, 0.1) is 0 Å². The first kappa shape index (κ1) is 41.9. The van der Waals surface area contributed by atoms with Gasteiger partial charge >= 0.3 is 206 Å². The van der Waals surface area contributed by atoms with Gasteiger partial charge in [-0.3, -0.25) is 0 Å². The van der Waals surface area contributed by atoms with Crippen LogP contribution >= 0.6 is 5.69 Å². The van der Waals surface area contributed by atoms with Crippen LogP contribution in [0.4, 0.5) is 0 Å². The van der Waals surface area contributed by atoms with Gasteiger partial charge < -0.3 is 27.7 Å². The third-order valence-electron chi connectivity index (χ3n) is 5.67. The van der Waals surface area contributed by atoms with Crippen molar-refractivity contribution in [2.75, 3.05) is 0 Å². The first-order valence-electron chi connectivity index (χ1n) is 12.8. The van der Waals surface area contributed by atoms with E-state index in [1.807, 2.05) is 0 Å². The second kappa shape index (κ2) is 28.4. The maximum absolute atomic E-state index is 9.29. The Bertz CT molecular complexity index is 346. The zero-order valence-electron chi connectivity index (χ0n) is 23.0. The second-order valence-electron chi connectivity index (χ2n) is 9.52. The van der Waals surface area contributed by atoms with Crippen molar-refractivity contribution in [2.45, 2.75) is 134 Å². The summed E-state index contributed by atoms with van der Waals surface area (Å²) in [4.78, 5) is 18.6. The topological polar surface area (TPSA) is 46.1 Å². The Hall–Kier alpha value is 2.79. The molecule has 0 amide bonds. The summed E-state index contributed by atoms with van der Waals surface area (Å²) in [5.41, 5.74) is -3.72. The maximum Gasteiger partial charge on any atom is -0.160 e. The van der Waals surface area contributed by atoms with Crippen LogP contribution in [0.25, 0.3) is 0 Å². The fourth-order valence-electron chi connectivity index (χ4n) is 3.57. The molecule has 0 saturated heterocycles. The van der Waals surface area contributed by atoms with Gasteiger partial charge in [-0.25, -0.2) is 0 Å². The van der Waals surface area contributed by atoms with Gasteiger partial charge in [0.25, 0.3) is 0 Å². The first-order chi connectivity index (χ1) is 14.6. The number of hydrogen-bond acceptors (Lipinski definition) is 4. The Kier molecular flexibility index (Phi) is 37.1. The van der Waals surface area contributed by atoms with Crippen molar-refractivity contribution in [3.63, 3.8) is 0 Å². The SMILES string of the molecule is CCC(CC)C[CH](C)[Zn+].CCC(CC)C[CH](C)[Zn+].CCC(CC)C[CH](C)[Zn+].[O-]P([O-])(=S)[S-]. The molecule has 2 nitrogen and oxygen atoms in total. The van der Waals surface area contributed by atoms with E-state index in [-0.39, 0.29) is 0 Å². The summed E-state index contributed by atoms with van der Waals surface area (Å²) in [5, 5.41) is 0. The molecular formula is C24H51O2PS2Zn3. The molecule has 0 aliphatic carbocycles. The quantitative estimate of drug-likeness (QED) is 0.121. The van der Waals surface area contributed by atoms with Crippen LogP contribution in [0.15, 0.2) is 0 Å². The van der Waals surface area contributed by atoms with Crippen LogP contribution in [0.2, 0.25) is 13.5 Å². The van der Waals surface area contributed by atoms with E-state index in [0.717, 1.165) is 31.3 Å². The van der Waals surface area contributed by atoms with Crippen LogP contribution in [-0.2, 0) is 79.0 Å². The van der Waals surface area contributed by atoms with Gasteiger partial charge in [0.15, 0.2) is 0 Å². The average Bonchev–Trinajstić information content (AvgIpc) is 2.67. The van der Waals surface area contributed by atoms with Crippen molar-refractivity contribution in [3.8, 4) is 0 Å². The Morgan fingerprint density at radius 3 is 0.750 bits per heavy atom.